The summed E-state index contributed by atoms with van der Waals surface area (Å²) >= 11 is 0. The van der Waals surface area contributed by atoms with E-state index in [9.17, 15) is 0 Å². The molecule has 0 spiro atoms. The van der Waals surface area contributed by atoms with Crippen molar-refractivity contribution in [2.24, 2.45) is 17.1 Å². The zero-order valence-corrected chi connectivity index (χ0v) is 8.33. The molecule has 0 radical (unpaired) electrons. The molecule has 0 heterocycles. The molecule has 4 aliphatic rings. The van der Waals surface area contributed by atoms with Crippen LogP contribution in [-0.4, -0.2) is 5.54 Å². The second kappa shape index (κ2) is 2.39. The summed E-state index contributed by atoms with van der Waals surface area (Å²) in [7, 11) is 0. The van der Waals surface area contributed by atoms with E-state index in [1.807, 2.05) is 0 Å². The third kappa shape index (κ3) is 0.898. The van der Waals surface area contributed by atoms with E-state index >= 15 is 0 Å². The van der Waals surface area contributed by atoms with Crippen molar-refractivity contribution in [2.45, 2.75) is 50.5 Å². The summed E-state index contributed by atoms with van der Waals surface area (Å²) in [6, 6.07) is 0. The quantitative estimate of drug-likeness (QED) is 0.671. The molecular weight excluding hydrogens is 170 g/mol. The maximum atomic E-state index is 6.04. The molecule has 0 aromatic carbocycles. The van der Waals surface area contributed by atoms with Gasteiger partial charge in [0.25, 0.3) is 0 Å². The van der Waals surface area contributed by atoms with Crippen LogP contribution in [0.25, 0.3) is 0 Å². The number of nitrogens with two attached hydrogens (primary N) is 1. The van der Waals surface area contributed by atoms with Crippen molar-refractivity contribution < 1.29 is 0 Å². The lowest BCUT2D eigenvalue weighted by molar-refractivity contribution is -0.170. The predicted molar refractivity (Wildman–Crippen MR) is 52.4 cm³/mol. The molecule has 2 bridgehead atoms. The van der Waals surface area contributed by atoms with Gasteiger partial charge in [0.15, 0.2) is 0 Å². The summed E-state index contributed by atoms with van der Waals surface area (Å²) in [4.78, 5) is 0. The molecule has 0 unspecified atom stereocenters. The molecule has 70 valence electrons. The van der Waals surface area contributed by atoms with E-state index in [4.69, 9.17) is 5.73 Å². The molecule has 1 nitrogen and oxygen atoms in total. The van der Waals surface area contributed by atoms with Crippen LogP contribution in [0, 0.1) is 11.3 Å². The van der Waals surface area contributed by atoms with Gasteiger partial charge >= 0.3 is 0 Å². The van der Waals surface area contributed by atoms with Crippen molar-refractivity contribution in [3.8, 4) is 0 Å². The maximum Gasteiger partial charge on any atom is 0.0170 e. The van der Waals surface area contributed by atoms with Crippen LogP contribution >= 0.6 is 12.4 Å². The van der Waals surface area contributed by atoms with Crippen LogP contribution in [0.3, 0.4) is 0 Å². The number of hydrogen-bond donors (Lipinski definition) is 1. The normalized spacial score (nSPS) is 50.8. The lowest BCUT2D eigenvalue weighted by Gasteiger charge is -2.72. The van der Waals surface area contributed by atoms with Crippen LogP contribution in [-0.2, 0) is 0 Å². The van der Waals surface area contributed by atoms with Gasteiger partial charge in [0, 0.05) is 5.54 Å². The van der Waals surface area contributed by atoms with Crippen LogP contribution in [0.2, 0.25) is 0 Å². The summed E-state index contributed by atoms with van der Waals surface area (Å²) < 4.78 is 0. The van der Waals surface area contributed by atoms with Gasteiger partial charge in [0.1, 0.15) is 0 Å². The van der Waals surface area contributed by atoms with E-state index in [1.54, 1.807) is 0 Å². The molecule has 0 aromatic heterocycles. The van der Waals surface area contributed by atoms with Crippen LogP contribution in [0.5, 0.6) is 0 Å². The van der Waals surface area contributed by atoms with E-state index in [0.29, 0.717) is 5.54 Å². The fourth-order valence-electron chi connectivity index (χ4n) is 3.92. The lowest BCUT2D eigenvalue weighted by atomic mass is 9.36. The molecular formula is C10H18ClN. The van der Waals surface area contributed by atoms with E-state index in [-0.39, 0.29) is 12.4 Å². The van der Waals surface area contributed by atoms with Gasteiger partial charge in [-0.05, 0) is 43.4 Å². The van der Waals surface area contributed by atoms with Crippen molar-refractivity contribution >= 4 is 12.4 Å². The first-order chi connectivity index (χ1) is 5.23. The average molecular weight is 188 g/mol. The van der Waals surface area contributed by atoms with Gasteiger partial charge in [0.2, 0.25) is 0 Å². The summed E-state index contributed by atoms with van der Waals surface area (Å²) in [5.41, 5.74) is 7.16. The molecule has 4 rings (SSSR count). The number of halogens is 1. The molecule has 4 saturated carbocycles. The molecule has 0 saturated heterocycles. The maximum absolute atomic E-state index is 6.04. The van der Waals surface area contributed by atoms with Crippen molar-refractivity contribution in [1.29, 1.82) is 0 Å². The minimum atomic E-state index is 0. The highest BCUT2D eigenvalue weighted by molar-refractivity contribution is 5.85. The molecule has 4 aliphatic carbocycles. The Bertz CT molecular complexity index is 176. The topological polar surface area (TPSA) is 26.0 Å². The lowest BCUT2D eigenvalue weighted by Crippen LogP contribution is -2.74. The van der Waals surface area contributed by atoms with E-state index in [2.05, 4.69) is 0 Å². The second-order valence-electron chi connectivity index (χ2n) is 5.24. The van der Waals surface area contributed by atoms with E-state index in [1.165, 1.54) is 44.9 Å². The summed E-state index contributed by atoms with van der Waals surface area (Å²) in [6.07, 6.45) is 10.1. The number of hydrogen-bond acceptors (Lipinski definition) is 1. The molecule has 2 heteroatoms. The Morgan fingerprint density at radius 3 is 1.92 bits per heavy atom. The molecule has 0 aromatic rings. The average Bonchev–Trinajstić information content (AvgIpc) is 2.28. The van der Waals surface area contributed by atoms with Crippen molar-refractivity contribution in [3.05, 3.63) is 0 Å². The van der Waals surface area contributed by atoms with E-state index in [0.717, 1.165) is 11.3 Å². The Hall–Kier alpha value is 0.250. The molecule has 0 amide bonds. The van der Waals surface area contributed by atoms with Crippen LogP contribution in [0.4, 0.5) is 0 Å². The van der Waals surface area contributed by atoms with Crippen LogP contribution in [0.15, 0.2) is 0 Å². The molecule has 0 atom stereocenters. The predicted octanol–water partition coefficient (Wildman–Crippen LogP) is 2.48. The minimum Gasteiger partial charge on any atom is -0.325 e. The Morgan fingerprint density at radius 2 is 1.50 bits per heavy atom. The first-order valence-corrected chi connectivity index (χ1v) is 5.02. The highest BCUT2D eigenvalue weighted by Crippen LogP contribution is 2.71. The highest BCUT2D eigenvalue weighted by Gasteiger charge is 2.68. The Kier molecular flexibility index (Phi) is 1.76. The third-order valence-corrected chi connectivity index (χ3v) is 4.33. The van der Waals surface area contributed by atoms with Crippen LogP contribution < -0.4 is 5.73 Å². The SMILES string of the molecule is Cl.NC12CC(C3CCCC3)(C1)C2. The summed E-state index contributed by atoms with van der Waals surface area (Å²) in [5, 5.41) is 0. The summed E-state index contributed by atoms with van der Waals surface area (Å²) in [6.45, 7) is 0. The Labute approximate surface area is 80.5 Å². The molecule has 2 N–H and O–H groups in total. The van der Waals surface area contributed by atoms with Crippen molar-refractivity contribution in [1.82, 2.24) is 0 Å². The van der Waals surface area contributed by atoms with Crippen molar-refractivity contribution in [2.75, 3.05) is 0 Å². The summed E-state index contributed by atoms with van der Waals surface area (Å²) in [5.74, 6) is 1.08. The second-order valence-corrected chi connectivity index (χ2v) is 5.24. The zero-order valence-electron chi connectivity index (χ0n) is 7.51. The first kappa shape index (κ1) is 8.83. The van der Waals surface area contributed by atoms with Gasteiger partial charge in [-0.2, -0.15) is 0 Å². The molecule has 4 fully saturated rings. The van der Waals surface area contributed by atoms with Gasteiger partial charge in [-0.15, -0.1) is 12.4 Å². The molecule has 12 heavy (non-hydrogen) atoms. The van der Waals surface area contributed by atoms with Gasteiger partial charge < -0.3 is 5.73 Å². The zero-order chi connectivity index (χ0) is 7.53. The minimum absolute atomic E-state index is 0. The van der Waals surface area contributed by atoms with Gasteiger partial charge in [-0.1, -0.05) is 12.8 Å². The van der Waals surface area contributed by atoms with Crippen molar-refractivity contribution in [3.63, 3.8) is 0 Å². The highest BCUT2D eigenvalue weighted by atomic mass is 35.5. The van der Waals surface area contributed by atoms with Gasteiger partial charge in [-0.25, -0.2) is 0 Å². The Balaban J connectivity index is 0.000000563. The Morgan fingerprint density at radius 1 is 1.00 bits per heavy atom. The smallest absolute Gasteiger partial charge is 0.0170 e. The van der Waals surface area contributed by atoms with Gasteiger partial charge in [-0.3, -0.25) is 0 Å². The monoisotopic (exact) mass is 187 g/mol. The fourth-order valence-corrected chi connectivity index (χ4v) is 3.92. The fraction of sp³-hybridized carbons (Fsp3) is 1.00. The van der Waals surface area contributed by atoms with E-state index < -0.39 is 0 Å². The standard InChI is InChI=1S/C10H17N.ClH/c11-10-5-9(6-10,7-10)8-3-1-2-4-8;/h8H,1-7,11H2;1H. The first-order valence-electron chi connectivity index (χ1n) is 5.02. The van der Waals surface area contributed by atoms with Crippen LogP contribution in [0.1, 0.15) is 44.9 Å². The third-order valence-electron chi connectivity index (χ3n) is 4.33. The number of rotatable bonds is 1. The molecule has 0 aliphatic heterocycles. The van der Waals surface area contributed by atoms with Gasteiger partial charge in [0.05, 0.1) is 0 Å². The largest absolute Gasteiger partial charge is 0.325 e.